The van der Waals surface area contributed by atoms with Crippen LogP contribution in [0.15, 0.2) is 5.38 Å². The molecule has 1 aliphatic carbocycles. The number of rotatable bonds is 4. The van der Waals surface area contributed by atoms with Crippen LogP contribution in [0.3, 0.4) is 0 Å². The molecule has 3 rings (SSSR count). The average molecular weight is 296 g/mol. The van der Waals surface area contributed by atoms with Crippen molar-refractivity contribution in [1.82, 2.24) is 4.98 Å². The number of carbonyl (C=O) groups is 1. The summed E-state index contributed by atoms with van der Waals surface area (Å²) in [7, 11) is 1.42. The molecule has 2 unspecified atom stereocenters. The molecule has 0 bridgehead atoms. The van der Waals surface area contributed by atoms with Gasteiger partial charge in [0.05, 0.1) is 38.0 Å². The Hall–Kier alpha value is -1.14. The highest BCUT2D eigenvalue weighted by molar-refractivity contribution is 7.13. The predicted octanol–water partition coefficient (Wildman–Crippen LogP) is 2.01. The monoisotopic (exact) mass is 296 g/mol. The normalized spacial score (nSPS) is 25.6. The smallest absolute Gasteiger partial charge is 0.305 e. The van der Waals surface area contributed by atoms with Gasteiger partial charge in [-0.05, 0) is 19.3 Å². The maximum atomic E-state index is 11.2. The van der Waals surface area contributed by atoms with Crippen molar-refractivity contribution in [3.05, 3.63) is 11.1 Å². The fraction of sp³-hybridized carbons (Fsp3) is 0.714. The zero-order valence-electron chi connectivity index (χ0n) is 11.7. The van der Waals surface area contributed by atoms with E-state index in [1.165, 1.54) is 26.4 Å². The van der Waals surface area contributed by atoms with Crippen LogP contribution in [0.4, 0.5) is 5.13 Å². The van der Waals surface area contributed by atoms with Gasteiger partial charge in [0.1, 0.15) is 0 Å². The van der Waals surface area contributed by atoms with Gasteiger partial charge in [-0.3, -0.25) is 4.79 Å². The first-order chi connectivity index (χ1) is 9.78. The number of carbonyl (C=O) groups excluding carboxylic acids is 1. The third-order valence-electron chi connectivity index (χ3n) is 4.08. The van der Waals surface area contributed by atoms with Crippen LogP contribution in [-0.2, 0) is 20.7 Å². The van der Waals surface area contributed by atoms with E-state index in [-0.39, 0.29) is 5.97 Å². The van der Waals surface area contributed by atoms with Crippen LogP contribution in [-0.4, -0.2) is 43.4 Å². The summed E-state index contributed by atoms with van der Waals surface area (Å²) in [4.78, 5) is 18.2. The molecule has 110 valence electrons. The second kappa shape index (κ2) is 6.10. The maximum Gasteiger partial charge on any atom is 0.305 e. The van der Waals surface area contributed by atoms with Crippen LogP contribution < -0.4 is 4.90 Å². The number of esters is 1. The van der Waals surface area contributed by atoms with Gasteiger partial charge >= 0.3 is 5.97 Å². The fourth-order valence-corrected chi connectivity index (χ4v) is 3.98. The number of aromatic nitrogens is 1. The quantitative estimate of drug-likeness (QED) is 0.796. The third-order valence-corrected chi connectivity index (χ3v) is 5.01. The lowest BCUT2D eigenvalue weighted by molar-refractivity contribution is -0.140. The van der Waals surface area contributed by atoms with E-state index in [0.717, 1.165) is 24.0 Å². The number of hydrogen-bond acceptors (Lipinski definition) is 6. The molecule has 2 fully saturated rings. The zero-order chi connectivity index (χ0) is 13.9. The van der Waals surface area contributed by atoms with Gasteiger partial charge in [-0.1, -0.05) is 0 Å². The first kappa shape index (κ1) is 13.8. The highest BCUT2D eigenvalue weighted by atomic mass is 32.1. The second-order valence-corrected chi connectivity index (χ2v) is 6.13. The number of ether oxygens (including phenoxy) is 2. The molecule has 20 heavy (non-hydrogen) atoms. The van der Waals surface area contributed by atoms with Crippen molar-refractivity contribution in [3.8, 4) is 0 Å². The Bertz CT molecular complexity index is 477. The third kappa shape index (κ3) is 2.81. The Morgan fingerprint density at radius 3 is 3.35 bits per heavy atom. The molecule has 1 aliphatic heterocycles. The summed E-state index contributed by atoms with van der Waals surface area (Å²) in [6, 6.07) is 0.489. The summed E-state index contributed by atoms with van der Waals surface area (Å²) in [5, 5.41) is 3.13. The molecule has 1 saturated carbocycles. The van der Waals surface area contributed by atoms with Gasteiger partial charge in [0.15, 0.2) is 5.13 Å². The number of nitrogens with zero attached hydrogens (tertiary/aromatic N) is 2. The van der Waals surface area contributed by atoms with Gasteiger partial charge in [0.2, 0.25) is 0 Å². The summed E-state index contributed by atoms with van der Waals surface area (Å²) in [5.41, 5.74) is 0.983. The first-order valence-electron chi connectivity index (χ1n) is 7.17. The van der Waals surface area contributed by atoms with E-state index in [0.29, 0.717) is 25.0 Å². The molecule has 6 heteroatoms. The van der Waals surface area contributed by atoms with Crippen LogP contribution in [0, 0.1) is 0 Å². The predicted molar refractivity (Wildman–Crippen MR) is 77.2 cm³/mol. The van der Waals surface area contributed by atoms with Crippen molar-refractivity contribution in [2.75, 3.05) is 25.2 Å². The number of methoxy groups -OCH3 is 1. The minimum absolute atomic E-state index is 0.179. The van der Waals surface area contributed by atoms with Crippen molar-refractivity contribution >= 4 is 22.4 Å². The molecular formula is C14H20N2O3S. The average Bonchev–Trinajstić information content (AvgIpc) is 3.12. The lowest BCUT2D eigenvalue weighted by Crippen LogP contribution is -2.48. The molecule has 0 spiro atoms. The summed E-state index contributed by atoms with van der Waals surface area (Å²) in [5.74, 6) is -0.179. The zero-order valence-corrected chi connectivity index (χ0v) is 12.5. The Labute approximate surface area is 122 Å². The van der Waals surface area contributed by atoms with E-state index in [9.17, 15) is 4.79 Å². The number of thiazole rings is 1. The van der Waals surface area contributed by atoms with Crippen LogP contribution in [0.2, 0.25) is 0 Å². The molecule has 1 saturated heterocycles. The molecule has 2 aliphatic rings. The highest BCUT2D eigenvalue weighted by Crippen LogP contribution is 2.34. The Morgan fingerprint density at radius 1 is 1.60 bits per heavy atom. The molecule has 0 aromatic carbocycles. The molecule has 5 nitrogen and oxygen atoms in total. The molecule has 2 heterocycles. The number of morpholine rings is 1. The van der Waals surface area contributed by atoms with Gasteiger partial charge in [0.25, 0.3) is 0 Å². The molecular weight excluding hydrogens is 276 g/mol. The summed E-state index contributed by atoms with van der Waals surface area (Å²) < 4.78 is 10.5. The fourth-order valence-electron chi connectivity index (χ4n) is 3.04. The van der Waals surface area contributed by atoms with Gasteiger partial charge < -0.3 is 14.4 Å². The van der Waals surface area contributed by atoms with E-state index in [1.807, 2.05) is 0 Å². The van der Waals surface area contributed by atoms with E-state index in [2.05, 4.69) is 20.0 Å². The van der Waals surface area contributed by atoms with Crippen molar-refractivity contribution in [1.29, 1.82) is 0 Å². The standard InChI is InChI=1S/C14H20N2O3S/c1-18-13(17)6-5-10-9-20-14(15-10)16-7-8-19-12-4-2-3-11(12)16/h9,11-12H,2-8H2,1H3. The first-order valence-corrected chi connectivity index (χ1v) is 8.05. The number of aryl methyl sites for hydroxylation is 1. The van der Waals surface area contributed by atoms with E-state index in [1.54, 1.807) is 11.3 Å². The molecule has 2 atom stereocenters. The SMILES string of the molecule is COC(=O)CCc1csc(N2CCOC3CCCC32)n1. The summed E-state index contributed by atoms with van der Waals surface area (Å²) in [6.07, 6.45) is 5.04. The molecule has 1 aromatic heterocycles. The number of fused-ring (bicyclic) bond motifs is 1. The van der Waals surface area contributed by atoms with Crippen LogP contribution >= 0.6 is 11.3 Å². The highest BCUT2D eigenvalue weighted by Gasteiger charge is 2.37. The minimum Gasteiger partial charge on any atom is -0.469 e. The topological polar surface area (TPSA) is 51.7 Å². The Kier molecular flexibility index (Phi) is 4.21. The van der Waals surface area contributed by atoms with Gasteiger partial charge in [-0.25, -0.2) is 4.98 Å². The lowest BCUT2D eigenvalue weighted by atomic mass is 10.1. The molecule has 0 amide bonds. The number of hydrogen-bond donors (Lipinski definition) is 0. The minimum atomic E-state index is -0.179. The Balaban J connectivity index is 1.65. The maximum absolute atomic E-state index is 11.2. The van der Waals surface area contributed by atoms with Crippen molar-refractivity contribution < 1.29 is 14.3 Å². The molecule has 1 aromatic rings. The van der Waals surface area contributed by atoms with Gasteiger partial charge in [-0.15, -0.1) is 11.3 Å². The second-order valence-electron chi connectivity index (χ2n) is 5.30. The lowest BCUT2D eigenvalue weighted by Gasteiger charge is -2.37. The van der Waals surface area contributed by atoms with Crippen LogP contribution in [0.5, 0.6) is 0 Å². The van der Waals surface area contributed by atoms with Crippen LogP contribution in [0.1, 0.15) is 31.4 Å². The van der Waals surface area contributed by atoms with Crippen molar-refractivity contribution in [2.45, 2.75) is 44.2 Å². The van der Waals surface area contributed by atoms with Gasteiger partial charge in [0, 0.05) is 18.3 Å². The summed E-state index contributed by atoms with van der Waals surface area (Å²) >= 11 is 1.67. The molecule has 0 radical (unpaired) electrons. The largest absolute Gasteiger partial charge is 0.469 e. The summed E-state index contributed by atoms with van der Waals surface area (Å²) in [6.45, 7) is 1.71. The van der Waals surface area contributed by atoms with Crippen molar-refractivity contribution in [2.24, 2.45) is 0 Å². The van der Waals surface area contributed by atoms with Gasteiger partial charge in [-0.2, -0.15) is 0 Å². The van der Waals surface area contributed by atoms with E-state index < -0.39 is 0 Å². The van der Waals surface area contributed by atoms with E-state index >= 15 is 0 Å². The van der Waals surface area contributed by atoms with Crippen LogP contribution in [0.25, 0.3) is 0 Å². The van der Waals surface area contributed by atoms with E-state index in [4.69, 9.17) is 4.74 Å². The van der Waals surface area contributed by atoms with Crippen molar-refractivity contribution in [3.63, 3.8) is 0 Å². The number of anilines is 1. The molecule has 0 N–H and O–H groups in total. The Morgan fingerprint density at radius 2 is 2.50 bits per heavy atom.